The highest BCUT2D eigenvalue weighted by Gasteiger charge is 2.27. The van der Waals surface area contributed by atoms with Crippen LogP contribution in [0.2, 0.25) is 0 Å². The Morgan fingerprint density at radius 3 is 2.15 bits per heavy atom. The highest BCUT2D eigenvalue weighted by molar-refractivity contribution is 6.00. The van der Waals surface area contributed by atoms with Crippen molar-refractivity contribution in [2.75, 3.05) is 0 Å². The first-order chi connectivity index (χ1) is 9.43. The van der Waals surface area contributed by atoms with Gasteiger partial charge in [0.1, 0.15) is 6.10 Å². The molecule has 0 aromatic heterocycles. The average molecular weight is 284 g/mol. The zero-order valence-electron chi connectivity index (χ0n) is 9.91. The molecule has 0 aliphatic heterocycles. The standard InChI is InChI=1S/C14H8F4O2/c15-9-6-8(10(16)12(18)11(9)17)14(20)13(19)7-4-2-1-3-5-7/h1-6,13,19H. The molecule has 1 atom stereocenters. The van der Waals surface area contributed by atoms with Crippen molar-refractivity contribution in [2.24, 2.45) is 0 Å². The molecule has 2 nitrogen and oxygen atoms in total. The Balaban J connectivity index is 2.45. The minimum absolute atomic E-state index is 0.127. The number of rotatable bonds is 3. The molecule has 0 heterocycles. The zero-order chi connectivity index (χ0) is 14.9. The van der Waals surface area contributed by atoms with Crippen molar-refractivity contribution in [1.29, 1.82) is 0 Å². The van der Waals surface area contributed by atoms with Crippen molar-refractivity contribution >= 4 is 5.78 Å². The molecule has 1 unspecified atom stereocenters. The Bertz CT molecular complexity index is 656. The van der Waals surface area contributed by atoms with Crippen LogP contribution in [0.4, 0.5) is 17.6 Å². The molecule has 0 fully saturated rings. The van der Waals surface area contributed by atoms with Crippen LogP contribution in [0.1, 0.15) is 22.0 Å². The SMILES string of the molecule is O=C(c1cc(F)c(F)c(F)c1F)C(O)c1ccccc1. The number of hydrogen-bond donors (Lipinski definition) is 1. The van der Waals surface area contributed by atoms with Gasteiger partial charge in [-0.15, -0.1) is 0 Å². The fourth-order valence-electron chi connectivity index (χ4n) is 1.69. The Labute approximate surface area is 111 Å². The number of carbonyl (C=O) groups is 1. The summed E-state index contributed by atoms with van der Waals surface area (Å²) in [4.78, 5) is 11.8. The summed E-state index contributed by atoms with van der Waals surface area (Å²) >= 11 is 0. The molecular formula is C14H8F4O2. The van der Waals surface area contributed by atoms with E-state index in [0.717, 1.165) is 0 Å². The van der Waals surface area contributed by atoms with Crippen LogP contribution < -0.4 is 0 Å². The van der Waals surface area contributed by atoms with Crippen LogP contribution in [-0.4, -0.2) is 10.9 Å². The summed E-state index contributed by atoms with van der Waals surface area (Å²) in [6, 6.07) is 7.66. The second-order valence-electron chi connectivity index (χ2n) is 4.03. The maximum atomic E-state index is 13.5. The molecule has 0 saturated carbocycles. The summed E-state index contributed by atoms with van der Waals surface area (Å²) in [6.45, 7) is 0. The molecule has 1 N–H and O–H groups in total. The molecule has 6 heteroatoms. The Kier molecular flexibility index (Phi) is 3.85. The van der Waals surface area contributed by atoms with E-state index >= 15 is 0 Å². The van der Waals surface area contributed by atoms with Gasteiger partial charge in [0.25, 0.3) is 0 Å². The van der Waals surface area contributed by atoms with Gasteiger partial charge < -0.3 is 5.11 Å². The van der Waals surface area contributed by atoms with Crippen molar-refractivity contribution in [1.82, 2.24) is 0 Å². The van der Waals surface area contributed by atoms with E-state index in [2.05, 4.69) is 0 Å². The quantitative estimate of drug-likeness (QED) is 0.407. The second-order valence-corrected chi connectivity index (χ2v) is 4.03. The molecule has 2 rings (SSSR count). The number of aliphatic hydroxyl groups excluding tert-OH is 1. The van der Waals surface area contributed by atoms with Gasteiger partial charge in [-0.3, -0.25) is 4.79 Å². The van der Waals surface area contributed by atoms with Crippen LogP contribution in [0.5, 0.6) is 0 Å². The van der Waals surface area contributed by atoms with Gasteiger partial charge in [0.2, 0.25) is 0 Å². The topological polar surface area (TPSA) is 37.3 Å². The third-order valence-corrected chi connectivity index (χ3v) is 2.73. The van der Waals surface area contributed by atoms with E-state index in [1.807, 2.05) is 0 Å². The predicted molar refractivity (Wildman–Crippen MR) is 62.0 cm³/mol. The van der Waals surface area contributed by atoms with Crippen LogP contribution in [0.3, 0.4) is 0 Å². The van der Waals surface area contributed by atoms with E-state index in [1.165, 1.54) is 24.3 Å². The normalized spacial score (nSPS) is 12.2. The number of benzene rings is 2. The van der Waals surface area contributed by atoms with Gasteiger partial charge in [-0.1, -0.05) is 30.3 Å². The fraction of sp³-hybridized carbons (Fsp3) is 0.0714. The molecule has 0 spiro atoms. The monoisotopic (exact) mass is 284 g/mol. The lowest BCUT2D eigenvalue weighted by Gasteiger charge is -2.11. The predicted octanol–water partition coefficient (Wildman–Crippen LogP) is 3.16. The van der Waals surface area contributed by atoms with E-state index in [-0.39, 0.29) is 11.6 Å². The summed E-state index contributed by atoms with van der Waals surface area (Å²) in [7, 11) is 0. The van der Waals surface area contributed by atoms with Crippen LogP contribution in [0.25, 0.3) is 0 Å². The molecule has 0 amide bonds. The van der Waals surface area contributed by atoms with Gasteiger partial charge in [0.15, 0.2) is 29.1 Å². The van der Waals surface area contributed by atoms with Crippen molar-refractivity contribution in [2.45, 2.75) is 6.10 Å². The molecule has 0 aliphatic rings. The third-order valence-electron chi connectivity index (χ3n) is 2.73. The number of Topliss-reactive ketones (excluding diaryl/α,β-unsaturated/α-hetero) is 1. The lowest BCUT2D eigenvalue weighted by atomic mass is 9.99. The zero-order valence-corrected chi connectivity index (χ0v) is 9.91. The first-order valence-electron chi connectivity index (χ1n) is 5.53. The van der Waals surface area contributed by atoms with E-state index in [0.29, 0.717) is 0 Å². The smallest absolute Gasteiger partial charge is 0.198 e. The van der Waals surface area contributed by atoms with Crippen molar-refractivity contribution in [3.8, 4) is 0 Å². The third kappa shape index (κ3) is 2.42. The molecule has 0 bridgehead atoms. The summed E-state index contributed by atoms with van der Waals surface area (Å²) in [5, 5.41) is 9.76. The second kappa shape index (κ2) is 5.42. The summed E-state index contributed by atoms with van der Waals surface area (Å²) < 4.78 is 52.3. The largest absolute Gasteiger partial charge is 0.380 e. The average Bonchev–Trinajstić information content (AvgIpc) is 2.48. The number of hydrogen-bond acceptors (Lipinski definition) is 2. The van der Waals surface area contributed by atoms with Crippen LogP contribution >= 0.6 is 0 Å². The molecular weight excluding hydrogens is 276 g/mol. The lowest BCUT2D eigenvalue weighted by Crippen LogP contribution is -2.16. The van der Waals surface area contributed by atoms with Crippen LogP contribution in [0, 0.1) is 23.3 Å². The highest BCUT2D eigenvalue weighted by Crippen LogP contribution is 2.24. The Hall–Kier alpha value is -2.21. The minimum atomic E-state index is -2.09. The van der Waals surface area contributed by atoms with Crippen molar-refractivity contribution in [3.63, 3.8) is 0 Å². The van der Waals surface area contributed by atoms with Crippen LogP contribution in [0.15, 0.2) is 36.4 Å². The maximum Gasteiger partial charge on any atom is 0.198 e. The number of ketones is 1. The summed E-state index contributed by atoms with van der Waals surface area (Å²) in [5.41, 5.74) is -0.917. The summed E-state index contributed by atoms with van der Waals surface area (Å²) in [5.74, 6) is -8.88. The van der Waals surface area contributed by atoms with Crippen LogP contribution in [-0.2, 0) is 0 Å². The first-order valence-corrected chi connectivity index (χ1v) is 5.53. The van der Waals surface area contributed by atoms with E-state index < -0.39 is 40.7 Å². The van der Waals surface area contributed by atoms with E-state index in [9.17, 15) is 27.5 Å². The number of carbonyl (C=O) groups excluding carboxylic acids is 1. The Morgan fingerprint density at radius 2 is 1.55 bits per heavy atom. The van der Waals surface area contributed by atoms with Gasteiger partial charge in [-0.2, -0.15) is 0 Å². The maximum absolute atomic E-state index is 13.5. The molecule has 2 aromatic rings. The van der Waals surface area contributed by atoms with Crippen molar-refractivity contribution in [3.05, 3.63) is 70.8 Å². The van der Waals surface area contributed by atoms with Gasteiger partial charge in [0.05, 0.1) is 5.56 Å². The van der Waals surface area contributed by atoms with Gasteiger partial charge in [0, 0.05) is 0 Å². The lowest BCUT2D eigenvalue weighted by molar-refractivity contribution is 0.0741. The summed E-state index contributed by atoms with van der Waals surface area (Å²) in [6.07, 6.45) is -1.80. The van der Waals surface area contributed by atoms with E-state index in [1.54, 1.807) is 6.07 Å². The molecule has 0 aliphatic carbocycles. The molecule has 104 valence electrons. The fourth-order valence-corrected chi connectivity index (χ4v) is 1.69. The number of aliphatic hydroxyl groups is 1. The van der Waals surface area contributed by atoms with Crippen molar-refractivity contribution < 1.29 is 27.5 Å². The molecule has 0 saturated heterocycles. The molecule has 0 radical (unpaired) electrons. The number of halogens is 4. The van der Waals surface area contributed by atoms with Gasteiger partial charge >= 0.3 is 0 Å². The van der Waals surface area contributed by atoms with E-state index in [4.69, 9.17) is 0 Å². The van der Waals surface area contributed by atoms with Gasteiger partial charge in [-0.05, 0) is 11.6 Å². The Morgan fingerprint density at radius 1 is 0.950 bits per heavy atom. The minimum Gasteiger partial charge on any atom is -0.380 e. The molecule has 20 heavy (non-hydrogen) atoms. The van der Waals surface area contributed by atoms with Gasteiger partial charge in [-0.25, -0.2) is 17.6 Å². The molecule has 2 aromatic carbocycles. The first kappa shape index (κ1) is 14.2. The highest BCUT2D eigenvalue weighted by atomic mass is 19.2.